The van der Waals surface area contributed by atoms with Gasteiger partial charge in [0.2, 0.25) is 0 Å². The van der Waals surface area contributed by atoms with E-state index in [0.717, 1.165) is 30.4 Å². The Morgan fingerprint density at radius 2 is 1.56 bits per heavy atom. The number of carbonyl (C=O) groups is 1. The Morgan fingerprint density at radius 1 is 0.889 bits per heavy atom. The van der Waals surface area contributed by atoms with Crippen LogP contribution in [-0.2, 0) is 4.74 Å². The minimum atomic E-state index is 0.124. The molecule has 0 saturated carbocycles. The maximum absolute atomic E-state index is 13.1. The van der Waals surface area contributed by atoms with Gasteiger partial charge in [0.15, 0.2) is 5.78 Å². The van der Waals surface area contributed by atoms with E-state index in [1.807, 2.05) is 42.5 Å². The van der Waals surface area contributed by atoms with Crippen LogP contribution in [0.1, 0.15) is 87.2 Å². The summed E-state index contributed by atoms with van der Waals surface area (Å²) < 4.78 is 5.92. The molecule has 2 aromatic carbocycles. The molecule has 0 aliphatic heterocycles. The Labute approximate surface area is 165 Å². The number of unbranched alkanes of at least 4 members (excludes halogenated alkanes) is 1. The van der Waals surface area contributed by atoms with Gasteiger partial charge in [0.05, 0.1) is 12.2 Å². The lowest BCUT2D eigenvalue weighted by Crippen LogP contribution is -2.16. The van der Waals surface area contributed by atoms with Crippen LogP contribution < -0.4 is 0 Å². The first kappa shape index (κ1) is 21.4. The third-order valence-electron chi connectivity index (χ3n) is 5.01. The smallest absolute Gasteiger partial charge is 0.193 e. The predicted molar refractivity (Wildman–Crippen MR) is 113 cm³/mol. The van der Waals surface area contributed by atoms with Crippen molar-refractivity contribution in [1.29, 1.82) is 0 Å². The Balaban J connectivity index is 2.23. The van der Waals surface area contributed by atoms with Crippen LogP contribution in [0.25, 0.3) is 0 Å². The second-order valence-electron chi connectivity index (χ2n) is 7.69. The van der Waals surface area contributed by atoms with E-state index in [1.165, 1.54) is 18.4 Å². The lowest BCUT2D eigenvalue weighted by molar-refractivity contribution is 0.0123. The zero-order valence-corrected chi connectivity index (χ0v) is 17.3. The van der Waals surface area contributed by atoms with Crippen LogP contribution in [0.5, 0.6) is 0 Å². The van der Waals surface area contributed by atoms with E-state index in [4.69, 9.17) is 4.74 Å². The maximum Gasteiger partial charge on any atom is 0.193 e. The van der Waals surface area contributed by atoms with Gasteiger partial charge in [-0.1, -0.05) is 74.4 Å². The van der Waals surface area contributed by atoms with E-state index >= 15 is 0 Å². The van der Waals surface area contributed by atoms with Gasteiger partial charge < -0.3 is 4.74 Å². The molecular weight excluding hydrogens is 332 g/mol. The standard InChI is InChI=1S/C25H34O2/c1-5-6-12-21(18-17-20(4)27-19(2)3)23-15-10-11-16-24(23)25(26)22-13-8-7-9-14-22/h7-11,13-16,19-21H,5-6,12,17-18H2,1-4H3. The molecule has 146 valence electrons. The quantitative estimate of drug-likeness (QED) is 0.409. The number of carbonyl (C=O) groups excluding carboxylic acids is 1. The van der Waals surface area contributed by atoms with Crippen molar-refractivity contribution in [3.8, 4) is 0 Å². The molecule has 2 unspecified atom stereocenters. The van der Waals surface area contributed by atoms with Gasteiger partial charge >= 0.3 is 0 Å². The lowest BCUT2D eigenvalue weighted by Gasteiger charge is -2.23. The zero-order chi connectivity index (χ0) is 19.6. The molecule has 27 heavy (non-hydrogen) atoms. The van der Waals surface area contributed by atoms with Crippen LogP contribution >= 0.6 is 0 Å². The predicted octanol–water partition coefficient (Wildman–Crippen LogP) is 6.79. The van der Waals surface area contributed by atoms with E-state index in [1.54, 1.807) is 0 Å². The summed E-state index contributed by atoms with van der Waals surface area (Å²) >= 11 is 0. The molecular formula is C25H34O2. The fourth-order valence-electron chi connectivity index (χ4n) is 3.68. The van der Waals surface area contributed by atoms with Crippen molar-refractivity contribution in [1.82, 2.24) is 0 Å². The van der Waals surface area contributed by atoms with Crippen LogP contribution in [0.4, 0.5) is 0 Å². The molecule has 0 aromatic heterocycles. The number of benzene rings is 2. The second-order valence-corrected chi connectivity index (χ2v) is 7.69. The van der Waals surface area contributed by atoms with Crippen LogP contribution in [0.2, 0.25) is 0 Å². The van der Waals surface area contributed by atoms with Gasteiger partial charge in [-0.05, 0) is 51.5 Å². The number of ketones is 1. The normalized spacial score (nSPS) is 13.5. The number of ether oxygens (including phenoxy) is 1. The summed E-state index contributed by atoms with van der Waals surface area (Å²) in [5.74, 6) is 0.520. The second kappa shape index (κ2) is 11.0. The summed E-state index contributed by atoms with van der Waals surface area (Å²) in [7, 11) is 0. The van der Waals surface area contributed by atoms with E-state index in [2.05, 4.69) is 39.8 Å². The number of hydrogen-bond donors (Lipinski definition) is 0. The highest BCUT2D eigenvalue weighted by molar-refractivity contribution is 6.10. The van der Waals surface area contributed by atoms with Crippen molar-refractivity contribution in [2.24, 2.45) is 0 Å². The van der Waals surface area contributed by atoms with Crippen LogP contribution in [0.15, 0.2) is 54.6 Å². The average molecular weight is 367 g/mol. The van der Waals surface area contributed by atoms with Crippen LogP contribution in [-0.4, -0.2) is 18.0 Å². The van der Waals surface area contributed by atoms with E-state index in [-0.39, 0.29) is 18.0 Å². The third kappa shape index (κ3) is 6.62. The summed E-state index contributed by atoms with van der Waals surface area (Å²) in [5, 5.41) is 0. The molecule has 0 radical (unpaired) electrons. The minimum Gasteiger partial charge on any atom is -0.376 e. The van der Waals surface area contributed by atoms with Gasteiger partial charge in [-0.15, -0.1) is 0 Å². The first-order valence-electron chi connectivity index (χ1n) is 10.4. The Bertz CT molecular complexity index is 690. The molecule has 0 aliphatic rings. The molecule has 2 nitrogen and oxygen atoms in total. The molecule has 0 aliphatic carbocycles. The van der Waals surface area contributed by atoms with Gasteiger partial charge in [-0.3, -0.25) is 4.79 Å². The van der Waals surface area contributed by atoms with Crippen molar-refractivity contribution in [2.75, 3.05) is 0 Å². The molecule has 2 heteroatoms. The molecule has 0 fully saturated rings. The molecule has 0 saturated heterocycles. The molecule has 0 heterocycles. The summed E-state index contributed by atoms with van der Waals surface area (Å²) in [6.07, 6.45) is 6.02. The van der Waals surface area contributed by atoms with E-state index in [0.29, 0.717) is 5.92 Å². The molecule has 2 rings (SSSR count). The summed E-state index contributed by atoms with van der Waals surface area (Å²) in [6.45, 7) is 8.54. The average Bonchev–Trinajstić information content (AvgIpc) is 2.68. The van der Waals surface area contributed by atoms with Crippen molar-refractivity contribution in [3.63, 3.8) is 0 Å². The summed E-state index contributed by atoms with van der Waals surface area (Å²) in [6, 6.07) is 17.8. The van der Waals surface area contributed by atoms with Gasteiger partial charge in [0.1, 0.15) is 0 Å². The van der Waals surface area contributed by atoms with Crippen molar-refractivity contribution < 1.29 is 9.53 Å². The Hall–Kier alpha value is -1.93. The zero-order valence-electron chi connectivity index (χ0n) is 17.3. The molecule has 2 atom stereocenters. The van der Waals surface area contributed by atoms with Gasteiger partial charge in [-0.2, -0.15) is 0 Å². The highest BCUT2D eigenvalue weighted by atomic mass is 16.5. The number of rotatable bonds is 11. The lowest BCUT2D eigenvalue weighted by atomic mass is 9.84. The van der Waals surface area contributed by atoms with Crippen LogP contribution in [0, 0.1) is 0 Å². The Morgan fingerprint density at radius 3 is 2.22 bits per heavy atom. The molecule has 0 N–H and O–H groups in total. The molecule has 2 aromatic rings. The summed E-state index contributed by atoms with van der Waals surface area (Å²) in [5.41, 5.74) is 2.80. The van der Waals surface area contributed by atoms with E-state index in [9.17, 15) is 4.79 Å². The number of hydrogen-bond acceptors (Lipinski definition) is 2. The van der Waals surface area contributed by atoms with Gasteiger partial charge in [0.25, 0.3) is 0 Å². The largest absolute Gasteiger partial charge is 0.376 e. The topological polar surface area (TPSA) is 26.3 Å². The van der Waals surface area contributed by atoms with Crippen molar-refractivity contribution in [3.05, 3.63) is 71.3 Å². The van der Waals surface area contributed by atoms with E-state index < -0.39 is 0 Å². The Kier molecular flexibility index (Phi) is 8.74. The first-order chi connectivity index (χ1) is 13.0. The van der Waals surface area contributed by atoms with Gasteiger partial charge in [0, 0.05) is 11.1 Å². The molecule has 0 amide bonds. The fourth-order valence-corrected chi connectivity index (χ4v) is 3.68. The SMILES string of the molecule is CCCCC(CCC(C)OC(C)C)c1ccccc1C(=O)c1ccccc1. The van der Waals surface area contributed by atoms with Crippen molar-refractivity contribution in [2.45, 2.75) is 77.9 Å². The monoisotopic (exact) mass is 366 g/mol. The van der Waals surface area contributed by atoms with Crippen LogP contribution in [0.3, 0.4) is 0 Å². The minimum absolute atomic E-state index is 0.124. The first-order valence-corrected chi connectivity index (χ1v) is 10.4. The maximum atomic E-state index is 13.1. The highest BCUT2D eigenvalue weighted by Crippen LogP contribution is 2.31. The van der Waals surface area contributed by atoms with Crippen molar-refractivity contribution >= 4 is 5.78 Å². The summed E-state index contributed by atoms with van der Waals surface area (Å²) in [4.78, 5) is 13.1. The third-order valence-corrected chi connectivity index (χ3v) is 5.01. The molecule has 0 spiro atoms. The highest BCUT2D eigenvalue weighted by Gasteiger charge is 2.20. The fraction of sp³-hybridized carbons (Fsp3) is 0.480. The molecule has 0 bridgehead atoms. The van der Waals surface area contributed by atoms with Gasteiger partial charge in [-0.25, -0.2) is 0 Å².